The van der Waals surface area contributed by atoms with Crippen LogP contribution in [-0.4, -0.2) is 90.1 Å². The van der Waals surface area contributed by atoms with E-state index in [4.69, 9.17) is 23.7 Å². The normalized spacial score (nSPS) is 16.8. The monoisotopic (exact) mass is 541 g/mol. The van der Waals surface area contributed by atoms with E-state index in [0.29, 0.717) is 48.7 Å². The molecule has 0 saturated carbocycles. The van der Waals surface area contributed by atoms with Crippen molar-refractivity contribution in [3.63, 3.8) is 0 Å². The lowest BCUT2D eigenvalue weighted by molar-refractivity contribution is -0.133. The van der Waals surface area contributed by atoms with Gasteiger partial charge in [0.05, 0.1) is 41.1 Å². The van der Waals surface area contributed by atoms with Crippen molar-refractivity contribution in [2.45, 2.75) is 31.7 Å². The predicted octanol–water partition coefficient (Wildman–Crippen LogP) is 3.66. The number of hydrogen-bond acceptors (Lipinski definition) is 8. The summed E-state index contributed by atoms with van der Waals surface area (Å²) in [4.78, 5) is 29.4. The second kappa shape index (κ2) is 12.9. The smallest absolute Gasteiger partial charge is 0.407 e. The van der Waals surface area contributed by atoms with Gasteiger partial charge >= 0.3 is 6.09 Å². The van der Waals surface area contributed by atoms with Gasteiger partial charge in [-0.1, -0.05) is 6.07 Å². The summed E-state index contributed by atoms with van der Waals surface area (Å²) in [5.74, 6) is 2.46. The number of rotatable bonds is 9. The molecular formula is C29H39N3O7. The molecule has 1 aliphatic carbocycles. The van der Waals surface area contributed by atoms with E-state index in [1.165, 1.54) is 0 Å². The number of hydrogen-bond donors (Lipinski definition) is 1. The number of likely N-dealkylation sites (N-methyl/N-ethyl adjacent to an activating group) is 1. The summed E-state index contributed by atoms with van der Waals surface area (Å²) >= 11 is 0. The molecule has 4 rings (SSSR count). The number of carbonyl (C=O) groups excluding carboxylic acids is 2. The van der Waals surface area contributed by atoms with E-state index in [1.54, 1.807) is 28.4 Å². The lowest BCUT2D eigenvalue weighted by Crippen LogP contribution is -2.47. The molecular weight excluding hydrogens is 502 g/mol. The first-order chi connectivity index (χ1) is 18.9. The Morgan fingerprint density at radius 2 is 1.69 bits per heavy atom. The second-order valence-electron chi connectivity index (χ2n) is 9.79. The second-order valence-corrected chi connectivity index (χ2v) is 9.79. The molecule has 1 fully saturated rings. The number of benzene rings is 2. The summed E-state index contributed by atoms with van der Waals surface area (Å²) in [5, 5.41) is 3.03. The molecule has 0 spiro atoms. The van der Waals surface area contributed by atoms with Crippen molar-refractivity contribution in [1.29, 1.82) is 0 Å². The molecule has 1 atom stereocenters. The molecule has 1 N–H and O–H groups in total. The molecule has 2 aromatic carbocycles. The van der Waals surface area contributed by atoms with Crippen molar-refractivity contribution in [1.82, 2.24) is 15.1 Å². The van der Waals surface area contributed by atoms with Gasteiger partial charge in [0.2, 0.25) is 11.7 Å². The molecule has 1 heterocycles. The van der Waals surface area contributed by atoms with Crippen molar-refractivity contribution in [2.75, 3.05) is 68.3 Å². The summed E-state index contributed by atoms with van der Waals surface area (Å²) < 4.78 is 28.0. The summed E-state index contributed by atoms with van der Waals surface area (Å²) in [6.45, 7) is 3.42. The molecule has 0 aromatic heterocycles. The van der Waals surface area contributed by atoms with Gasteiger partial charge in [0, 0.05) is 38.2 Å². The van der Waals surface area contributed by atoms with Gasteiger partial charge in [0.25, 0.3) is 0 Å². The predicted molar refractivity (Wildman–Crippen MR) is 147 cm³/mol. The lowest BCUT2D eigenvalue weighted by atomic mass is 9.93. The maximum atomic E-state index is 12.8. The highest BCUT2D eigenvalue weighted by Gasteiger charge is 2.30. The number of nitrogens with zero attached hydrogens (tertiary/aromatic N) is 2. The molecule has 10 heteroatoms. The number of ether oxygens (including phenoxy) is 5. The fourth-order valence-electron chi connectivity index (χ4n) is 5.27. The van der Waals surface area contributed by atoms with Crippen LogP contribution in [0.4, 0.5) is 4.79 Å². The van der Waals surface area contributed by atoms with E-state index in [9.17, 15) is 9.59 Å². The van der Waals surface area contributed by atoms with Crippen LogP contribution in [0.15, 0.2) is 24.3 Å². The average molecular weight is 542 g/mol. The molecule has 0 unspecified atom stereocenters. The van der Waals surface area contributed by atoms with E-state index in [2.05, 4.69) is 17.3 Å². The minimum atomic E-state index is -0.520. The average Bonchev–Trinajstić information content (AvgIpc) is 3.10. The van der Waals surface area contributed by atoms with Crippen LogP contribution in [0.1, 0.15) is 36.4 Å². The van der Waals surface area contributed by atoms with Gasteiger partial charge in [0.15, 0.2) is 11.5 Å². The third-order valence-corrected chi connectivity index (χ3v) is 7.43. The lowest BCUT2D eigenvalue weighted by Gasteiger charge is -2.32. The zero-order chi connectivity index (χ0) is 27.9. The molecule has 212 valence electrons. The van der Waals surface area contributed by atoms with Gasteiger partial charge in [-0.2, -0.15) is 0 Å². The largest absolute Gasteiger partial charge is 0.497 e. The molecule has 0 bridgehead atoms. The zero-order valence-corrected chi connectivity index (χ0v) is 23.5. The van der Waals surface area contributed by atoms with Crippen molar-refractivity contribution in [3.8, 4) is 34.1 Å². The first-order valence-electron chi connectivity index (χ1n) is 13.3. The Kier molecular flexibility index (Phi) is 9.40. The van der Waals surface area contributed by atoms with E-state index in [0.717, 1.165) is 48.4 Å². The summed E-state index contributed by atoms with van der Waals surface area (Å²) in [6.07, 6.45) is 1.61. The molecule has 1 aliphatic heterocycles. The third kappa shape index (κ3) is 6.33. The molecule has 39 heavy (non-hydrogen) atoms. The van der Waals surface area contributed by atoms with E-state index < -0.39 is 6.09 Å². The van der Waals surface area contributed by atoms with Gasteiger partial charge in [0.1, 0.15) is 5.75 Å². The summed E-state index contributed by atoms with van der Waals surface area (Å²) in [7, 11) is 8.45. The molecule has 2 aromatic rings. The van der Waals surface area contributed by atoms with Crippen LogP contribution in [0.3, 0.4) is 0 Å². The van der Waals surface area contributed by atoms with Crippen LogP contribution in [0.25, 0.3) is 11.1 Å². The Labute approximate surface area is 230 Å². The Balaban J connectivity index is 1.47. The minimum Gasteiger partial charge on any atom is -0.497 e. The third-order valence-electron chi connectivity index (χ3n) is 7.43. The standard InChI is InChI=1S/C29H39N3O7/c1-31-12-14-32(15-13-31)25(33)7-6-16-39-29(34)30-23-11-8-19-17-24(36-3)27(37-4)28(38-5)26(19)21-10-9-20(35-2)18-22(21)23/h9-10,17-18,23H,6-8,11-16H2,1-5H3,(H,30,34)/t23-/m0/s1. The van der Waals surface area contributed by atoms with Crippen LogP contribution in [-0.2, 0) is 16.0 Å². The van der Waals surface area contributed by atoms with E-state index >= 15 is 0 Å². The fourth-order valence-corrected chi connectivity index (χ4v) is 5.27. The van der Waals surface area contributed by atoms with Gasteiger partial charge in [-0.25, -0.2) is 4.79 Å². The highest BCUT2D eigenvalue weighted by molar-refractivity contribution is 5.83. The van der Waals surface area contributed by atoms with Crippen molar-refractivity contribution < 1.29 is 33.3 Å². The summed E-state index contributed by atoms with van der Waals surface area (Å²) in [6, 6.07) is 7.42. The molecule has 10 nitrogen and oxygen atoms in total. The van der Waals surface area contributed by atoms with E-state index in [1.807, 2.05) is 29.2 Å². The van der Waals surface area contributed by atoms with Crippen molar-refractivity contribution in [2.24, 2.45) is 0 Å². The number of fused-ring (bicyclic) bond motifs is 3. The first kappa shape index (κ1) is 28.4. The first-order valence-corrected chi connectivity index (χ1v) is 13.3. The summed E-state index contributed by atoms with van der Waals surface area (Å²) in [5.41, 5.74) is 3.72. The minimum absolute atomic E-state index is 0.106. The topological polar surface area (TPSA) is 98.8 Å². The fraction of sp³-hybridized carbons (Fsp3) is 0.517. The number of piperazine rings is 1. The van der Waals surface area contributed by atoms with Crippen LogP contribution in [0.5, 0.6) is 23.0 Å². The zero-order valence-electron chi connectivity index (χ0n) is 23.5. The highest BCUT2D eigenvalue weighted by Crippen LogP contribution is 2.50. The van der Waals surface area contributed by atoms with Crippen LogP contribution in [0, 0.1) is 0 Å². The van der Waals surface area contributed by atoms with E-state index in [-0.39, 0.29) is 18.6 Å². The number of alkyl carbamates (subject to hydrolysis) is 1. The molecule has 2 amide bonds. The van der Waals surface area contributed by atoms with Gasteiger partial charge in [-0.15, -0.1) is 0 Å². The van der Waals surface area contributed by atoms with Crippen molar-refractivity contribution >= 4 is 12.0 Å². The van der Waals surface area contributed by atoms with Gasteiger partial charge in [-0.05, 0) is 61.2 Å². The van der Waals surface area contributed by atoms with Gasteiger partial charge in [-0.3, -0.25) is 4.79 Å². The maximum absolute atomic E-state index is 12.8. The number of carbonyl (C=O) groups is 2. The quantitative estimate of drug-likeness (QED) is 0.481. The number of methoxy groups -OCH3 is 4. The molecule has 1 saturated heterocycles. The highest BCUT2D eigenvalue weighted by atomic mass is 16.5. The molecule has 0 radical (unpaired) electrons. The van der Waals surface area contributed by atoms with Crippen LogP contribution < -0.4 is 24.3 Å². The number of nitrogens with one attached hydrogen (secondary N) is 1. The van der Waals surface area contributed by atoms with Crippen LogP contribution >= 0.6 is 0 Å². The Morgan fingerprint density at radius 3 is 2.36 bits per heavy atom. The van der Waals surface area contributed by atoms with Crippen LogP contribution in [0.2, 0.25) is 0 Å². The number of aryl methyl sites for hydroxylation is 1. The Hall–Kier alpha value is -3.66. The Morgan fingerprint density at radius 1 is 0.949 bits per heavy atom. The van der Waals surface area contributed by atoms with Gasteiger partial charge < -0.3 is 38.8 Å². The molecule has 2 aliphatic rings. The Bertz CT molecular complexity index is 1180. The SMILES string of the molecule is COc1ccc2c(c1)[C@@H](NC(=O)OCCCC(=O)N1CCN(C)CC1)CCc1cc(OC)c(OC)c(OC)c1-2. The maximum Gasteiger partial charge on any atom is 0.407 e. The number of amides is 2. The van der Waals surface area contributed by atoms with Crippen molar-refractivity contribution in [3.05, 3.63) is 35.4 Å².